The Morgan fingerprint density at radius 3 is 2.26 bits per heavy atom. The molecule has 3 heterocycles. The molecule has 0 bridgehead atoms. The van der Waals surface area contributed by atoms with E-state index in [2.05, 4.69) is 24.0 Å². The summed E-state index contributed by atoms with van der Waals surface area (Å²) in [6, 6.07) is 18.9. The van der Waals surface area contributed by atoms with Gasteiger partial charge in [-0.3, -0.25) is 4.57 Å². The minimum atomic E-state index is -4.67. The van der Waals surface area contributed by atoms with Crippen molar-refractivity contribution in [3.05, 3.63) is 77.9 Å². The van der Waals surface area contributed by atoms with Gasteiger partial charge < -0.3 is 10.5 Å². The van der Waals surface area contributed by atoms with Gasteiger partial charge in [0.1, 0.15) is 5.69 Å². The number of aromatic nitrogens is 4. The zero-order valence-corrected chi connectivity index (χ0v) is 19.3. The van der Waals surface area contributed by atoms with E-state index < -0.39 is 17.5 Å². The molecular weight excluding hydrogens is 455 g/mol. The maximum absolute atomic E-state index is 13.7. The molecule has 2 aromatic heterocycles. The number of alkyl halides is 3. The third-order valence-corrected chi connectivity index (χ3v) is 6.61. The van der Waals surface area contributed by atoms with Gasteiger partial charge in [-0.2, -0.15) is 13.2 Å². The summed E-state index contributed by atoms with van der Waals surface area (Å²) in [6.07, 6.45) is -3.08. The standard InChI is InChI=1S/C26H24F3N5O/c1-3-25(30,4-2)18-12-10-17(11-13-18)22-19(16-8-6-5-7-9-16)14-20-23(31-22)35-15-21-32-33-24(34(20)21)26(27,28)29/h5-14H,3-4,15,30H2,1-2H3. The summed E-state index contributed by atoms with van der Waals surface area (Å²) >= 11 is 0. The lowest BCUT2D eigenvalue weighted by atomic mass is 9.85. The first-order valence-electron chi connectivity index (χ1n) is 11.4. The van der Waals surface area contributed by atoms with Gasteiger partial charge in [-0.15, -0.1) is 10.2 Å². The van der Waals surface area contributed by atoms with Gasteiger partial charge in [0.15, 0.2) is 12.4 Å². The summed E-state index contributed by atoms with van der Waals surface area (Å²) in [5, 5.41) is 7.05. The summed E-state index contributed by atoms with van der Waals surface area (Å²) in [6.45, 7) is 3.96. The Hall–Kier alpha value is -3.72. The van der Waals surface area contributed by atoms with Crippen LogP contribution >= 0.6 is 0 Å². The summed E-state index contributed by atoms with van der Waals surface area (Å²) < 4.78 is 47.7. The number of fused-ring (bicyclic) bond motifs is 3. The van der Waals surface area contributed by atoms with Crippen LogP contribution in [0.25, 0.3) is 28.1 Å². The Labute approximate surface area is 200 Å². The first-order valence-corrected chi connectivity index (χ1v) is 11.4. The van der Waals surface area contributed by atoms with Crippen LogP contribution < -0.4 is 10.5 Å². The summed E-state index contributed by atoms with van der Waals surface area (Å²) in [5.41, 5.74) is 10.2. The highest BCUT2D eigenvalue weighted by molar-refractivity contribution is 5.83. The number of rotatable bonds is 5. The fraction of sp³-hybridized carbons (Fsp3) is 0.269. The molecule has 0 amide bonds. The van der Waals surface area contributed by atoms with Crippen LogP contribution in [0.4, 0.5) is 13.2 Å². The van der Waals surface area contributed by atoms with Crippen LogP contribution in [-0.4, -0.2) is 19.7 Å². The van der Waals surface area contributed by atoms with Crippen molar-refractivity contribution in [2.45, 2.75) is 45.0 Å². The zero-order valence-electron chi connectivity index (χ0n) is 19.3. The van der Waals surface area contributed by atoms with Crippen LogP contribution in [0.5, 0.6) is 5.88 Å². The molecule has 0 spiro atoms. The summed E-state index contributed by atoms with van der Waals surface area (Å²) in [5.74, 6) is -0.939. The second-order valence-electron chi connectivity index (χ2n) is 8.58. The number of hydrogen-bond acceptors (Lipinski definition) is 5. The van der Waals surface area contributed by atoms with Crippen molar-refractivity contribution < 1.29 is 17.9 Å². The van der Waals surface area contributed by atoms with Crippen LogP contribution in [0, 0.1) is 0 Å². The Morgan fingerprint density at radius 1 is 0.943 bits per heavy atom. The van der Waals surface area contributed by atoms with Crippen LogP contribution in [0.2, 0.25) is 0 Å². The van der Waals surface area contributed by atoms with Gasteiger partial charge >= 0.3 is 6.18 Å². The molecule has 0 fully saturated rings. The van der Waals surface area contributed by atoms with Crippen LogP contribution in [0.15, 0.2) is 60.7 Å². The number of pyridine rings is 1. The molecule has 6 nitrogen and oxygen atoms in total. The van der Waals surface area contributed by atoms with E-state index in [1.165, 1.54) is 0 Å². The van der Waals surface area contributed by atoms with E-state index in [-0.39, 0.29) is 24.0 Å². The zero-order chi connectivity index (χ0) is 24.8. The van der Waals surface area contributed by atoms with Crippen molar-refractivity contribution in [2.24, 2.45) is 5.73 Å². The van der Waals surface area contributed by atoms with Crippen molar-refractivity contribution in [1.29, 1.82) is 0 Å². The molecule has 0 atom stereocenters. The number of benzene rings is 2. The van der Waals surface area contributed by atoms with Gasteiger partial charge in [-0.05, 0) is 30.0 Å². The average Bonchev–Trinajstić information content (AvgIpc) is 3.33. The first kappa shape index (κ1) is 23.0. The second kappa shape index (κ2) is 8.49. The Kier molecular flexibility index (Phi) is 5.59. The topological polar surface area (TPSA) is 78.9 Å². The lowest BCUT2D eigenvalue weighted by molar-refractivity contribution is -0.146. The first-order chi connectivity index (χ1) is 16.7. The van der Waals surface area contributed by atoms with E-state index >= 15 is 0 Å². The highest BCUT2D eigenvalue weighted by Gasteiger charge is 2.41. The van der Waals surface area contributed by atoms with E-state index in [1.807, 2.05) is 54.6 Å². The van der Waals surface area contributed by atoms with Crippen LogP contribution in [0.3, 0.4) is 0 Å². The third-order valence-electron chi connectivity index (χ3n) is 6.61. The molecule has 0 unspecified atom stereocenters. The second-order valence-corrected chi connectivity index (χ2v) is 8.58. The number of nitrogens with zero attached hydrogens (tertiary/aromatic N) is 4. The largest absolute Gasteiger partial charge is 0.468 e. The van der Waals surface area contributed by atoms with E-state index in [0.717, 1.165) is 34.1 Å². The molecule has 2 aromatic carbocycles. The molecule has 0 saturated heterocycles. The average molecular weight is 480 g/mol. The number of hydrogen-bond donors (Lipinski definition) is 1. The van der Waals surface area contributed by atoms with Gasteiger partial charge in [0, 0.05) is 16.7 Å². The maximum Gasteiger partial charge on any atom is 0.452 e. The molecule has 0 radical (unpaired) electrons. The van der Waals surface area contributed by atoms with Crippen molar-refractivity contribution in [3.8, 4) is 34.0 Å². The molecular formula is C26H24F3N5O. The Bertz CT molecular complexity index is 1360. The maximum atomic E-state index is 13.7. The van der Waals surface area contributed by atoms with Crippen molar-refractivity contribution in [1.82, 2.24) is 19.7 Å². The quantitative estimate of drug-likeness (QED) is 0.387. The smallest absolute Gasteiger partial charge is 0.452 e. The number of nitrogens with two attached hydrogens (primary N) is 1. The van der Waals surface area contributed by atoms with E-state index in [4.69, 9.17) is 15.5 Å². The highest BCUT2D eigenvalue weighted by atomic mass is 19.4. The fourth-order valence-electron chi connectivity index (χ4n) is 4.41. The van der Waals surface area contributed by atoms with E-state index in [0.29, 0.717) is 11.3 Å². The van der Waals surface area contributed by atoms with E-state index in [9.17, 15) is 13.2 Å². The molecule has 1 aliphatic rings. The minimum Gasteiger partial charge on any atom is -0.468 e. The van der Waals surface area contributed by atoms with Crippen molar-refractivity contribution in [2.75, 3.05) is 0 Å². The van der Waals surface area contributed by atoms with Crippen LogP contribution in [0.1, 0.15) is 43.9 Å². The molecule has 4 aromatic rings. The normalized spacial score (nSPS) is 13.2. The van der Waals surface area contributed by atoms with Gasteiger partial charge in [-0.1, -0.05) is 68.4 Å². The molecule has 35 heavy (non-hydrogen) atoms. The van der Waals surface area contributed by atoms with Gasteiger partial charge in [0.05, 0.1) is 5.69 Å². The van der Waals surface area contributed by atoms with Gasteiger partial charge in [-0.25, -0.2) is 4.98 Å². The summed E-state index contributed by atoms with van der Waals surface area (Å²) in [4.78, 5) is 4.70. The monoisotopic (exact) mass is 479 g/mol. The summed E-state index contributed by atoms with van der Waals surface area (Å²) in [7, 11) is 0. The number of ether oxygens (including phenoxy) is 1. The predicted octanol–water partition coefficient (Wildman–Crippen LogP) is 5.88. The SMILES string of the molecule is CCC(N)(CC)c1ccc(-c2nc3c(cc2-c2ccccc2)-n2c(nnc2C(F)(F)F)CO3)cc1. The molecule has 1 aliphatic heterocycles. The highest BCUT2D eigenvalue weighted by Crippen LogP contribution is 2.41. The fourth-order valence-corrected chi connectivity index (χ4v) is 4.41. The van der Waals surface area contributed by atoms with Gasteiger partial charge in [0.2, 0.25) is 11.7 Å². The molecule has 0 aliphatic carbocycles. The van der Waals surface area contributed by atoms with Gasteiger partial charge in [0.25, 0.3) is 0 Å². The number of halogens is 3. The minimum absolute atomic E-state index is 0.0705. The lowest BCUT2D eigenvalue weighted by Crippen LogP contribution is -2.34. The molecule has 5 rings (SSSR count). The lowest BCUT2D eigenvalue weighted by Gasteiger charge is -2.27. The third kappa shape index (κ3) is 3.95. The molecule has 180 valence electrons. The molecule has 0 saturated carbocycles. The van der Waals surface area contributed by atoms with Crippen LogP contribution in [-0.2, 0) is 18.3 Å². The molecule has 9 heteroatoms. The van der Waals surface area contributed by atoms with E-state index in [1.54, 1.807) is 6.07 Å². The Balaban J connectivity index is 1.70. The predicted molar refractivity (Wildman–Crippen MR) is 126 cm³/mol. The molecule has 2 N–H and O–H groups in total. The van der Waals surface area contributed by atoms with Crippen molar-refractivity contribution >= 4 is 0 Å². The van der Waals surface area contributed by atoms with Crippen molar-refractivity contribution in [3.63, 3.8) is 0 Å². The Morgan fingerprint density at radius 2 is 1.63 bits per heavy atom.